The summed E-state index contributed by atoms with van der Waals surface area (Å²) >= 11 is 0. The first-order valence-corrected chi connectivity index (χ1v) is 8.25. The van der Waals surface area contributed by atoms with Crippen molar-refractivity contribution in [3.8, 4) is 0 Å². The number of methoxy groups -OCH3 is 1. The molecule has 25 heavy (non-hydrogen) atoms. The zero-order chi connectivity index (χ0) is 18.3. The Balaban J connectivity index is 1.72. The summed E-state index contributed by atoms with van der Waals surface area (Å²) in [6.45, 7) is 5.06. The van der Waals surface area contributed by atoms with Crippen LogP contribution in [-0.4, -0.2) is 68.7 Å². The minimum atomic E-state index is -4.30. The van der Waals surface area contributed by atoms with Crippen LogP contribution in [-0.2, 0) is 22.3 Å². The van der Waals surface area contributed by atoms with Crippen LogP contribution >= 0.6 is 0 Å². The van der Waals surface area contributed by atoms with E-state index in [2.05, 4.69) is 15.1 Å². The second kappa shape index (κ2) is 9.17. The first-order valence-electron chi connectivity index (χ1n) is 8.25. The molecule has 0 aliphatic carbocycles. The molecule has 0 unspecified atom stereocenters. The van der Waals surface area contributed by atoms with Crippen molar-refractivity contribution in [2.24, 2.45) is 0 Å². The van der Waals surface area contributed by atoms with Gasteiger partial charge in [0.15, 0.2) is 0 Å². The molecule has 0 saturated carbocycles. The highest BCUT2D eigenvalue weighted by Gasteiger charge is 2.30. The average molecular weight is 359 g/mol. The van der Waals surface area contributed by atoms with E-state index in [1.54, 1.807) is 7.11 Å². The molecule has 1 heterocycles. The van der Waals surface area contributed by atoms with Crippen LogP contribution in [0, 0.1) is 0 Å². The number of hydrogen-bond acceptors (Lipinski definition) is 4. The first kappa shape index (κ1) is 19.7. The molecule has 1 aliphatic heterocycles. The van der Waals surface area contributed by atoms with E-state index in [0.717, 1.165) is 43.9 Å². The normalized spacial score (nSPS) is 16.8. The van der Waals surface area contributed by atoms with E-state index in [1.165, 1.54) is 12.1 Å². The summed E-state index contributed by atoms with van der Waals surface area (Å²) in [4.78, 5) is 16.0. The molecule has 0 radical (unpaired) electrons. The number of alkyl halides is 3. The Kier molecular flexibility index (Phi) is 7.22. The average Bonchev–Trinajstić information content (AvgIpc) is 2.57. The van der Waals surface area contributed by atoms with Gasteiger partial charge in [-0.1, -0.05) is 12.1 Å². The van der Waals surface area contributed by atoms with Crippen molar-refractivity contribution < 1.29 is 22.7 Å². The van der Waals surface area contributed by atoms with E-state index in [4.69, 9.17) is 4.74 Å². The highest BCUT2D eigenvalue weighted by atomic mass is 19.4. The molecule has 1 aromatic carbocycles. The van der Waals surface area contributed by atoms with Crippen molar-refractivity contribution >= 4 is 5.91 Å². The van der Waals surface area contributed by atoms with E-state index in [0.29, 0.717) is 26.2 Å². The highest BCUT2D eigenvalue weighted by Crippen LogP contribution is 2.29. The molecule has 1 saturated heterocycles. The van der Waals surface area contributed by atoms with E-state index >= 15 is 0 Å². The van der Waals surface area contributed by atoms with Crippen LogP contribution in [0.2, 0.25) is 0 Å². The van der Waals surface area contributed by atoms with Crippen LogP contribution in [0.3, 0.4) is 0 Å². The Hall–Kier alpha value is -1.64. The van der Waals surface area contributed by atoms with Crippen LogP contribution in [0.25, 0.3) is 0 Å². The lowest BCUT2D eigenvalue weighted by Crippen LogP contribution is -2.49. The maximum Gasteiger partial charge on any atom is 0.416 e. The Morgan fingerprint density at radius 3 is 2.28 bits per heavy atom. The van der Waals surface area contributed by atoms with Gasteiger partial charge in [0.2, 0.25) is 5.91 Å². The van der Waals surface area contributed by atoms with Crippen molar-refractivity contribution in [3.05, 3.63) is 35.4 Å². The number of carbonyl (C=O) groups is 1. The SMILES string of the molecule is COCCNC(=O)CN1CCN(Cc2ccc(C(F)(F)F)cc2)CC1. The Labute approximate surface area is 145 Å². The number of nitrogens with one attached hydrogen (secondary N) is 1. The fraction of sp³-hybridized carbons (Fsp3) is 0.588. The molecule has 0 aromatic heterocycles. The van der Waals surface area contributed by atoms with Crippen molar-refractivity contribution in [2.75, 3.05) is 53.0 Å². The molecule has 1 N–H and O–H groups in total. The van der Waals surface area contributed by atoms with E-state index in [1.807, 2.05) is 0 Å². The third-order valence-electron chi connectivity index (χ3n) is 4.15. The molecule has 1 fully saturated rings. The Morgan fingerprint density at radius 2 is 1.72 bits per heavy atom. The lowest BCUT2D eigenvalue weighted by Gasteiger charge is -2.34. The topological polar surface area (TPSA) is 44.8 Å². The molecular formula is C17H24F3N3O2. The Bertz CT molecular complexity index is 541. The molecular weight excluding hydrogens is 335 g/mol. The van der Waals surface area contributed by atoms with Gasteiger partial charge in [0, 0.05) is 46.4 Å². The second-order valence-corrected chi connectivity index (χ2v) is 6.09. The van der Waals surface area contributed by atoms with Crippen LogP contribution < -0.4 is 5.32 Å². The quantitative estimate of drug-likeness (QED) is 0.751. The fourth-order valence-corrected chi connectivity index (χ4v) is 2.71. The number of nitrogens with zero attached hydrogens (tertiary/aromatic N) is 2. The molecule has 1 amide bonds. The summed E-state index contributed by atoms with van der Waals surface area (Å²) in [5, 5.41) is 2.79. The van der Waals surface area contributed by atoms with Gasteiger partial charge in [-0.15, -0.1) is 0 Å². The monoisotopic (exact) mass is 359 g/mol. The first-order chi connectivity index (χ1) is 11.9. The summed E-state index contributed by atoms with van der Waals surface area (Å²) < 4.78 is 42.6. The van der Waals surface area contributed by atoms with Gasteiger partial charge in [-0.2, -0.15) is 13.2 Å². The molecule has 0 spiro atoms. The maximum atomic E-state index is 12.6. The van der Waals surface area contributed by atoms with Crippen molar-refractivity contribution in [1.82, 2.24) is 15.1 Å². The maximum absolute atomic E-state index is 12.6. The molecule has 2 rings (SSSR count). The van der Waals surface area contributed by atoms with Crippen molar-refractivity contribution in [2.45, 2.75) is 12.7 Å². The van der Waals surface area contributed by atoms with Gasteiger partial charge >= 0.3 is 6.18 Å². The van der Waals surface area contributed by atoms with Gasteiger partial charge in [-0.05, 0) is 17.7 Å². The summed E-state index contributed by atoms with van der Waals surface area (Å²) in [5.74, 6) is -0.0201. The molecule has 0 atom stereocenters. The fourth-order valence-electron chi connectivity index (χ4n) is 2.71. The van der Waals surface area contributed by atoms with Gasteiger partial charge in [0.1, 0.15) is 0 Å². The summed E-state index contributed by atoms with van der Waals surface area (Å²) in [5.41, 5.74) is 0.235. The minimum absolute atomic E-state index is 0.0201. The minimum Gasteiger partial charge on any atom is -0.383 e. The molecule has 8 heteroatoms. The number of ether oxygens (including phenoxy) is 1. The smallest absolute Gasteiger partial charge is 0.383 e. The predicted octanol–water partition coefficient (Wildman–Crippen LogP) is 1.59. The van der Waals surface area contributed by atoms with Crippen LogP contribution in [0.1, 0.15) is 11.1 Å². The zero-order valence-electron chi connectivity index (χ0n) is 14.3. The van der Waals surface area contributed by atoms with E-state index < -0.39 is 11.7 Å². The van der Waals surface area contributed by atoms with E-state index in [-0.39, 0.29) is 5.91 Å². The number of amides is 1. The molecule has 1 aromatic rings. The second-order valence-electron chi connectivity index (χ2n) is 6.09. The number of carbonyl (C=O) groups excluding carboxylic acids is 1. The van der Waals surface area contributed by atoms with E-state index in [9.17, 15) is 18.0 Å². The van der Waals surface area contributed by atoms with Crippen molar-refractivity contribution in [3.63, 3.8) is 0 Å². The molecule has 1 aliphatic rings. The number of piperazine rings is 1. The van der Waals surface area contributed by atoms with Gasteiger partial charge in [0.25, 0.3) is 0 Å². The van der Waals surface area contributed by atoms with Gasteiger partial charge in [0.05, 0.1) is 18.7 Å². The predicted molar refractivity (Wildman–Crippen MR) is 88.0 cm³/mol. The summed E-state index contributed by atoms with van der Waals surface area (Å²) in [6, 6.07) is 5.29. The lowest BCUT2D eigenvalue weighted by molar-refractivity contribution is -0.137. The molecule has 0 bridgehead atoms. The lowest BCUT2D eigenvalue weighted by atomic mass is 10.1. The zero-order valence-corrected chi connectivity index (χ0v) is 14.3. The number of rotatable bonds is 7. The third kappa shape index (κ3) is 6.64. The van der Waals surface area contributed by atoms with Crippen LogP contribution in [0.15, 0.2) is 24.3 Å². The third-order valence-corrected chi connectivity index (χ3v) is 4.15. The summed E-state index contributed by atoms with van der Waals surface area (Å²) in [6.07, 6.45) is -4.30. The molecule has 5 nitrogen and oxygen atoms in total. The summed E-state index contributed by atoms with van der Waals surface area (Å²) in [7, 11) is 1.59. The van der Waals surface area contributed by atoms with Gasteiger partial charge < -0.3 is 10.1 Å². The van der Waals surface area contributed by atoms with Gasteiger partial charge in [-0.3, -0.25) is 14.6 Å². The standard InChI is InChI=1S/C17H24F3N3O2/c1-25-11-6-21-16(24)13-23-9-7-22(8-10-23)12-14-2-4-15(5-3-14)17(18,19)20/h2-5H,6-13H2,1H3,(H,21,24). The van der Waals surface area contributed by atoms with Crippen LogP contribution in [0.5, 0.6) is 0 Å². The Morgan fingerprint density at radius 1 is 1.12 bits per heavy atom. The number of halogens is 3. The largest absolute Gasteiger partial charge is 0.416 e. The number of benzene rings is 1. The highest BCUT2D eigenvalue weighted by molar-refractivity contribution is 5.77. The number of hydrogen-bond donors (Lipinski definition) is 1. The van der Waals surface area contributed by atoms with Gasteiger partial charge in [-0.25, -0.2) is 0 Å². The molecule has 140 valence electrons. The van der Waals surface area contributed by atoms with Crippen LogP contribution in [0.4, 0.5) is 13.2 Å². The van der Waals surface area contributed by atoms with Crippen molar-refractivity contribution in [1.29, 1.82) is 0 Å².